The summed E-state index contributed by atoms with van der Waals surface area (Å²) in [6.07, 6.45) is -6.31. The Labute approximate surface area is 137 Å². The summed E-state index contributed by atoms with van der Waals surface area (Å²) < 4.78 is 77.8. The first-order valence-corrected chi connectivity index (χ1v) is 6.42. The minimum absolute atomic E-state index is 0.0802. The van der Waals surface area contributed by atoms with E-state index in [1.54, 1.807) is 19.0 Å². The van der Waals surface area contributed by atoms with Gasteiger partial charge >= 0.3 is 6.09 Å². The molecule has 0 bridgehead atoms. The molecule has 21 heavy (non-hydrogen) atoms. The van der Waals surface area contributed by atoms with Crippen LogP contribution in [-0.2, 0) is 17.5 Å². The van der Waals surface area contributed by atoms with Gasteiger partial charge in [0, 0.05) is 29.1 Å². The second kappa shape index (κ2) is 5.77. The molecule has 1 aliphatic heterocycles. The van der Waals surface area contributed by atoms with E-state index in [-0.39, 0.29) is 40.1 Å². The maximum absolute atomic E-state index is 11.6. The predicted molar refractivity (Wildman–Crippen MR) is 82.5 cm³/mol. The normalized spacial score (nSPS) is 28.7. The Bertz CT molecular complexity index is 1010. The van der Waals surface area contributed by atoms with Crippen molar-refractivity contribution in [3.63, 3.8) is 0 Å². The number of fused-ring (bicyclic) bond motifs is 1. The van der Waals surface area contributed by atoms with Crippen LogP contribution in [0.5, 0.6) is 0 Å². The summed E-state index contributed by atoms with van der Waals surface area (Å²) in [4.78, 5) is 14.0. The largest absolute Gasteiger partial charge is 0.447 e. The van der Waals surface area contributed by atoms with Gasteiger partial charge in [0.2, 0.25) is 0 Å². The van der Waals surface area contributed by atoms with Gasteiger partial charge in [0.05, 0.1) is 10.2 Å². The number of nitrogens with zero attached hydrogens (tertiary/aromatic N) is 1. The minimum atomic E-state index is -2.76. The van der Waals surface area contributed by atoms with Crippen molar-refractivity contribution in [1.29, 1.82) is 0 Å². The van der Waals surface area contributed by atoms with E-state index in [4.69, 9.17) is 12.4 Å². The molecule has 0 aliphatic carbocycles. The molecule has 5 nitrogen and oxygen atoms in total. The zero-order chi connectivity index (χ0) is 22.8. The van der Waals surface area contributed by atoms with E-state index in [0.29, 0.717) is 0 Å². The van der Waals surface area contributed by atoms with E-state index in [1.807, 2.05) is 0 Å². The van der Waals surface area contributed by atoms with E-state index < -0.39 is 31.4 Å². The molecular formula is C16H21N3O2. The number of aromatic nitrogens is 1. The smallest absolute Gasteiger partial charge is 0.407 e. The zero-order valence-electron chi connectivity index (χ0n) is 20.7. The SMILES string of the molecule is [2H]c1c(C([2H])([2H])CN(C)C)c2cc(C([2H])([2H])[C@@H]3N([2H])C(=O)OC3([2H])[2H])ccc2n1[2H]. The van der Waals surface area contributed by atoms with Crippen LogP contribution in [0.15, 0.2) is 24.4 Å². The molecule has 112 valence electrons. The number of aromatic amines is 1. The third-order valence-corrected chi connectivity index (χ3v) is 2.92. The van der Waals surface area contributed by atoms with Crippen molar-refractivity contribution in [3.05, 3.63) is 35.5 Å². The summed E-state index contributed by atoms with van der Waals surface area (Å²) in [5.41, 5.74) is -0.0445. The van der Waals surface area contributed by atoms with Crippen molar-refractivity contribution in [2.24, 2.45) is 0 Å². The van der Waals surface area contributed by atoms with Crippen LogP contribution in [0.2, 0.25) is 2.82 Å². The Kier molecular flexibility index (Phi) is 1.88. The minimum Gasteiger partial charge on any atom is -0.447 e. The Morgan fingerprint density at radius 1 is 1.62 bits per heavy atom. The number of ether oxygens (including phenoxy) is 1. The van der Waals surface area contributed by atoms with Gasteiger partial charge in [-0.05, 0) is 50.1 Å². The van der Waals surface area contributed by atoms with Gasteiger partial charge in [-0.25, -0.2) is 4.79 Å². The number of benzene rings is 1. The van der Waals surface area contributed by atoms with Crippen LogP contribution in [0.3, 0.4) is 0 Å². The highest BCUT2D eigenvalue weighted by molar-refractivity contribution is 5.84. The maximum Gasteiger partial charge on any atom is 0.407 e. The Morgan fingerprint density at radius 2 is 2.48 bits per heavy atom. The monoisotopic (exact) mass is 296 g/mol. The van der Waals surface area contributed by atoms with Gasteiger partial charge in [0.1, 0.15) is 6.56 Å². The number of alkyl carbamates (subject to hydrolysis) is 1. The summed E-state index contributed by atoms with van der Waals surface area (Å²) in [5, 5.41) is 0.243. The Morgan fingerprint density at radius 3 is 3.19 bits per heavy atom. The van der Waals surface area contributed by atoms with Crippen molar-refractivity contribution < 1.29 is 22.0 Å². The van der Waals surface area contributed by atoms with Gasteiger partial charge in [-0.3, -0.25) is 0 Å². The average Bonchev–Trinajstić information content (AvgIpc) is 2.95. The molecule has 1 saturated heterocycles. The molecule has 1 aliphatic rings. The van der Waals surface area contributed by atoms with Crippen LogP contribution in [0.4, 0.5) is 4.79 Å². The third-order valence-electron chi connectivity index (χ3n) is 2.92. The van der Waals surface area contributed by atoms with E-state index in [0.717, 1.165) is 4.98 Å². The number of likely N-dealkylation sites (N-methyl/N-ethyl adjacent to an activating group) is 1. The number of hydrogen-bond donors (Lipinski definition) is 2. The van der Waals surface area contributed by atoms with Crippen LogP contribution in [0.25, 0.3) is 10.9 Å². The van der Waals surface area contributed by atoms with E-state index in [1.165, 1.54) is 18.2 Å². The number of nitrogens with one attached hydrogen (secondary N) is 2. The van der Waals surface area contributed by atoms with E-state index in [9.17, 15) is 4.79 Å². The Balaban J connectivity index is 2.20. The molecule has 0 spiro atoms. The molecule has 2 aromatic rings. The van der Waals surface area contributed by atoms with Gasteiger partial charge in [0.25, 0.3) is 0 Å². The first-order valence-electron chi connectivity index (χ1n) is 10.8. The molecule has 2 heterocycles. The number of carbonyl (C=O) groups excluding carboxylic acids is 1. The lowest BCUT2D eigenvalue weighted by Crippen LogP contribution is -2.28. The molecule has 1 fully saturated rings. The van der Waals surface area contributed by atoms with Gasteiger partial charge in [0.15, 0.2) is 2.82 Å². The van der Waals surface area contributed by atoms with Gasteiger partial charge < -0.3 is 19.9 Å². The van der Waals surface area contributed by atoms with Crippen molar-refractivity contribution in [3.8, 4) is 0 Å². The molecule has 0 saturated carbocycles. The second-order valence-electron chi connectivity index (χ2n) is 4.91. The lowest BCUT2D eigenvalue weighted by atomic mass is 10.0. The molecule has 1 aromatic carbocycles. The van der Waals surface area contributed by atoms with Crippen molar-refractivity contribution in [2.45, 2.75) is 18.8 Å². The quantitative estimate of drug-likeness (QED) is 0.886. The number of carbonyl (C=O) groups is 1. The molecule has 5 heteroatoms. The van der Waals surface area contributed by atoms with Crippen LogP contribution in [-0.4, -0.2) is 49.2 Å². The molecule has 3 rings (SSSR count). The maximum atomic E-state index is 11.6. The fourth-order valence-electron chi connectivity index (χ4n) is 1.96. The fraction of sp³-hybridized carbons (Fsp3) is 0.438. The van der Waals surface area contributed by atoms with Gasteiger partial charge in [-0.2, -0.15) is 0 Å². The highest BCUT2D eigenvalue weighted by atomic mass is 16.6. The summed E-state index contributed by atoms with van der Waals surface area (Å²) in [6, 6.07) is 1.94. The summed E-state index contributed by atoms with van der Waals surface area (Å²) >= 11 is 0. The molecule has 0 unspecified atom stereocenters. The van der Waals surface area contributed by atoms with Crippen molar-refractivity contribution in [2.75, 3.05) is 27.2 Å². The number of amides is 1. The molecule has 1 atom stereocenters. The highest BCUT2D eigenvalue weighted by Crippen LogP contribution is 2.21. The van der Waals surface area contributed by atoms with Crippen LogP contribution < -0.4 is 5.31 Å². The molecule has 1 amide bonds. The Hall–Kier alpha value is -2.01. The van der Waals surface area contributed by atoms with E-state index in [2.05, 4.69) is 4.74 Å². The predicted octanol–water partition coefficient (Wildman–Crippen LogP) is 1.92. The molecule has 2 N–H and O–H groups in total. The average molecular weight is 296 g/mol. The number of rotatable bonds is 5. The summed E-state index contributed by atoms with van der Waals surface area (Å²) in [7, 11) is 3.32. The van der Waals surface area contributed by atoms with Gasteiger partial charge in [-0.15, -0.1) is 0 Å². The first kappa shape index (κ1) is 6.83. The summed E-state index contributed by atoms with van der Waals surface area (Å²) in [5.74, 6) is 0. The first-order chi connectivity index (χ1) is 13.6. The van der Waals surface area contributed by atoms with Crippen LogP contribution in [0, 0.1) is 0 Å². The standard InChI is InChI=1S/C16H21N3O2/c1-19(2)6-5-12-9-17-15-4-3-11(8-14(12)15)7-13-10-21-16(20)18-13/h3-4,8-9,13,17H,5-7,10H2,1-2H3,(H,18,20)/t13-/m0/s1/i5D2,7D2,9D,10D2/hD2. The number of cyclic esters (lactones) is 1. The summed E-state index contributed by atoms with van der Waals surface area (Å²) in [6.45, 7) is -2.84. The zero-order valence-corrected chi connectivity index (χ0v) is 11.7. The number of H-pyrrole nitrogens is 1. The molecule has 1 aromatic heterocycles. The topological polar surface area (TPSA) is 57.4 Å². The van der Waals surface area contributed by atoms with Crippen LogP contribution >= 0.6 is 0 Å². The van der Waals surface area contributed by atoms with E-state index >= 15 is 0 Å². The molecule has 0 radical (unpaired) electrons. The number of hydrogen-bond acceptors (Lipinski definition) is 3. The van der Waals surface area contributed by atoms with Gasteiger partial charge in [-0.1, -0.05) is 6.07 Å². The molecular weight excluding hydrogens is 266 g/mol. The van der Waals surface area contributed by atoms with Crippen molar-refractivity contribution >= 4 is 17.0 Å². The fourth-order valence-corrected chi connectivity index (χ4v) is 1.96. The third kappa shape index (κ3) is 3.19. The second-order valence-corrected chi connectivity index (χ2v) is 4.91. The highest BCUT2D eigenvalue weighted by Gasteiger charge is 2.22. The van der Waals surface area contributed by atoms with Crippen molar-refractivity contribution in [1.82, 2.24) is 15.2 Å². The van der Waals surface area contributed by atoms with Crippen LogP contribution in [0.1, 0.15) is 20.7 Å². The lowest BCUT2D eigenvalue weighted by molar-refractivity contribution is 0.177. The lowest BCUT2D eigenvalue weighted by Gasteiger charge is -2.09.